The van der Waals surface area contributed by atoms with E-state index in [1.807, 2.05) is 0 Å². The molecule has 8 heteroatoms. The van der Waals surface area contributed by atoms with Crippen LogP contribution in [0.4, 0.5) is 18.9 Å². The molecule has 1 N–H and O–H groups in total. The second kappa shape index (κ2) is 5.14. The van der Waals surface area contributed by atoms with Gasteiger partial charge in [0.1, 0.15) is 5.69 Å². The molecule has 1 amide bonds. The van der Waals surface area contributed by atoms with Gasteiger partial charge >= 0.3 is 0 Å². The average molecular weight is 306 g/mol. The third-order valence-electron chi connectivity index (χ3n) is 3.05. The van der Waals surface area contributed by atoms with Gasteiger partial charge in [-0.15, -0.1) is 0 Å². The van der Waals surface area contributed by atoms with Crippen LogP contribution in [0.25, 0.3) is 5.65 Å². The summed E-state index contributed by atoms with van der Waals surface area (Å²) in [6, 6.07) is 4.72. The number of amides is 1. The number of fused-ring (bicyclic) bond motifs is 1. The topological polar surface area (TPSA) is 59.3 Å². The Labute approximate surface area is 122 Å². The zero-order valence-electron chi connectivity index (χ0n) is 11.3. The molecule has 0 unspecified atom stereocenters. The van der Waals surface area contributed by atoms with Gasteiger partial charge in [-0.25, -0.2) is 22.7 Å². The lowest BCUT2D eigenvalue weighted by molar-refractivity contribution is 0.102. The Bertz CT molecular complexity index is 891. The zero-order valence-corrected chi connectivity index (χ0v) is 11.3. The molecule has 0 spiro atoms. The smallest absolute Gasteiger partial charge is 0.274 e. The van der Waals surface area contributed by atoms with Crippen molar-refractivity contribution in [3.8, 4) is 0 Å². The first-order valence-electron chi connectivity index (χ1n) is 6.23. The first-order valence-corrected chi connectivity index (χ1v) is 6.23. The number of aryl methyl sites for hydroxylation is 1. The fraction of sp³-hybridized carbons (Fsp3) is 0.0714. The number of aromatic nitrogens is 3. The summed E-state index contributed by atoms with van der Waals surface area (Å²) in [5.41, 5.74) is 0.633. The number of halogens is 3. The molecule has 0 aliphatic rings. The number of hydrogen-bond acceptors (Lipinski definition) is 3. The summed E-state index contributed by atoms with van der Waals surface area (Å²) in [4.78, 5) is 16.2. The molecule has 112 valence electrons. The Morgan fingerprint density at radius 3 is 2.73 bits per heavy atom. The highest BCUT2D eigenvalue weighted by Crippen LogP contribution is 2.20. The number of carbonyl (C=O) groups excluding carboxylic acids is 1. The van der Waals surface area contributed by atoms with E-state index >= 15 is 0 Å². The highest BCUT2D eigenvalue weighted by Gasteiger charge is 2.17. The summed E-state index contributed by atoms with van der Waals surface area (Å²) in [6.45, 7) is 1.72. The summed E-state index contributed by atoms with van der Waals surface area (Å²) < 4.78 is 41.1. The van der Waals surface area contributed by atoms with Gasteiger partial charge in [0.25, 0.3) is 5.91 Å². The van der Waals surface area contributed by atoms with Crippen molar-refractivity contribution >= 4 is 17.2 Å². The molecule has 0 aliphatic heterocycles. The second-order valence-electron chi connectivity index (χ2n) is 4.56. The van der Waals surface area contributed by atoms with E-state index < -0.39 is 29.0 Å². The lowest BCUT2D eigenvalue weighted by atomic mass is 10.2. The molecule has 0 radical (unpaired) electrons. The maximum Gasteiger partial charge on any atom is 0.274 e. The summed E-state index contributed by atoms with van der Waals surface area (Å²) in [5.74, 6) is -5.18. The summed E-state index contributed by atoms with van der Waals surface area (Å²) >= 11 is 0. The standard InChI is InChI=1S/C14H9F3N4O/c1-7-6-10(19-11-4-5-18-21(7)11)14(22)20-9-3-2-8(15)12(16)13(9)17/h2-6H,1H3,(H,20,22). The van der Waals surface area contributed by atoms with Crippen LogP contribution in [0.3, 0.4) is 0 Å². The number of nitrogens with zero attached hydrogens (tertiary/aromatic N) is 3. The highest BCUT2D eigenvalue weighted by atomic mass is 19.2. The molecule has 0 aliphatic carbocycles. The van der Waals surface area contributed by atoms with Crippen LogP contribution in [0.1, 0.15) is 16.2 Å². The van der Waals surface area contributed by atoms with E-state index in [0.29, 0.717) is 11.3 Å². The quantitative estimate of drug-likeness (QED) is 0.741. The third-order valence-corrected chi connectivity index (χ3v) is 3.05. The van der Waals surface area contributed by atoms with E-state index in [0.717, 1.165) is 12.1 Å². The third kappa shape index (κ3) is 2.28. The zero-order chi connectivity index (χ0) is 15.9. The minimum Gasteiger partial charge on any atom is -0.318 e. The molecule has 5 nitrogen and oxygen atoms in total. The van der Waals surface area contributed by atoms with E-state index in [9.17, 15) is 18.0 Å². The molecule has 3 rings (SSSR count). The Balaban J connectivity index is 1.95. The lowest BCUT2D eigenvalue weighted by Gasteiger charge is -2.08. The Kier molecular flexibility index (Phi) is 3.28. The molecule has 2 aromatic heterocycles. The minimum absolute atomic E-state index is 0.00892. The van der Waals surface area contributed by atoms with Gasteiger partial charge in [-0.1, -0.05) is 0 Å². The molecule has 2 heterocycles. The van der Waals surface area contributed by atoms with Crippen molar-refractivity contribution in [1.82, 2.24) is 14.6 Å². The Morgan fingerprint density at radius 1 is 1.18 bits per heavy atom. The molecule has 0 saturated carbocycles. The van der Waals surface area contributed by atoms with Crippen molar-refractivity contribution in [3.63, 3.8) is 0 Å². The van der Waals surface area contributed by atoms with Gasteiger partial charge < -0.3 is 5.32 Å². The van der Waals surface area contributed by atoms with Crippen molar-refractivity contribution in [2.45, 2.75) is 6.92 Å². The number of carbonyl (C=O) groups is 1. The molecular formula is C14H9F3N4O. The summed E-state index contributed by atoms with van der Waals surface area (Å²) in [7, 11) is 0. The van der Waals surface area contributed by atoms with E-state index in [1.165, 1.54) is 16.8 Å². The van der Waals surface area contributed by atoms with E-state index in [-0.39, 0.29) is 5.69 Å². The number of benzene rings is 1. The van der Waals surface area contributed by atoms with Gasteiger partial charge in [-0.2, -0.15) is 5.10 Å². The fourth-order valence-corrected chi connectivity index (χ4v) is 1.99. The van der Waals surface area contributed by atoms with Crippen LogP contribution in [0.2, 0.25) is 0 Å². The number of anilines is 1. The van der Waals surface area contributed by atoms with E-state index in [1.54, 1.807) is 13.0 Å². The van der Waals surface area contributed by atoms with Gasteiger partial charge in [0.15, 0.2) is 23.1 Å². The molecule has 3 aromatic rings. The molecule has 1 aromatic carbocycles. The molecule has 0 atom stereocenters. The van der Waals surface area contributed by atoms with Gasteiger partial charge in [0.05, 0.1) is 11.9 Å². The van der Waals surface area contributed by atoms with Crippen LogP contribution in [-0.4, -0.2) is 20.5 Å². The first kappa shape index (κ1) is 14.1. The SMILES string of the molecule is Cc1cc(C(=O)Nc2ccc(F)c(F)c2F)nc2ccnn12. The second-order valence-corrected chi connectivity index (χ2v) is 4.56. The van der Waals surface area contributed by atoms with Gasteiger partial charge in [-0.3, -0.25) is 4.79 Å². The number of nitrogens with one attached hydrogen (secondary N) is 1. The van der Waals surface area contributed by atoms with Crippen LogP contribution < -0.4 is 5.32 Å². The maximum absolute atomic E-state index is 13.6. The van der Waals surface area contributed by atoms with Crippen molar-refractivity contribution in [1.29, 1.82) is 0 Å². The summed E-state index contributed by atoms with van der Waals surface area (Å²) in [6.07, 6.45) is 1.52. The van der Waals surface area contributed by atoms with E-state index in [4.69, 9.17) is 0 Å². The predicted molar refractivity (Wildman–Crippen MR) is 72.0 cm³/mol. The van der Waals surface area contributed by atoms with Crippen LogP contribution in [0.5, 0.6) is 0 Å². The van der Waals surface area contributed by atoms with Gasteiger partial charge in [0, 0.05) is 11.8 Å². The van der Waals surface area contributed by atoms with Crippen molar-refractivity contribution in [2.24, 2.45) is 0 Å². The molecule has 0 saturated heterocycles. The first-order chi connectivity index (χ1) is 10.5. The van der Waals surface area contributed by atoms with Gasteiger partial charge in [0.2, 0.25) is 0 Å². The van der Waals surface area contributed by atoms with Crippen LogP contribution in [0, 0.1) is 24.4 Å². The number of rotatable bonds is 2. The normalized spacial score (nSPS) is 10.9. The fourth-order valence-electron chi connectivity index (χ4n) is 1.99. The molecule has 0 bridgehead atoms. The minimum atomic E-state index is -1.65. The van der Waals surface area contributed by atoms with Crippen molar-refractivity contribution in [2.75, 3.05) is 5.32 Å². The van der Waals surface area contributed by atoms with Crippen LogP contribution >= 0.6 is 0 Å². The largest absolute Gasteiger partial charge is 0.318 e. The predicted octanol–water partition coefficient (Wildman–Crippen LogP) is 2.71. The molecule has 0 fully saturated rings. The molecule has 22 heavy (non-hydrogen) atoms. The Hall–Kier alpha value is -2.90. The van der Waals surface area contributed by atoms with Crippen LogP contribution in [0.15, 0.2) is 30.5 Å². The highest BCUT2D eigenvalue weighted by molar-refractivity contribution is 6.03. The summed E-state index contributed by atoms with van der Waals surface area (Å²) in [5, 5.41) is 6.18. The number of hydrogen-bond donors (Lipinski definition) is 1. The van der Waals surface area contributed by atoms with Crippen molar-refractivity contribution in [3.05, 3.63) is 59.3 Å². The van der Waals surface area contributed by atoms with E-state index in [2.05, 4.69) is 15.4 Å². The average Bonchev–Trinajstić information content (AvgIpc) is 2.97. The Morgan fingerprint density at radius 2 is 1.95 bits per heavy atom. The lowest BCUT2D eigenvalue weighted by Crippen LogP contribution is -2.16. The van der Waals surface area contributed by atoms with Gasteiger partial charge in [-0.05, 0) is 25.1 Å². The molecular weight excluding hydrogens is 297 g/mol. The maximum atomic E-state index is 13.6. The monoisotopic (exact) mass is 306 g/mol. The van der Waals surface area contributed by atoms with Crippen LogP contribution in [-0.2, 0) is 0 Å². The van der Waals surface area contributed by atoms with Crippen molar-refractivity contribution < 1.29 is 18.0 Å².